The third-order valence-electron chi connectivity index (χ3n) is 8.45. The first-order chi connectivity index (χ1) is 24.4. The van der Waals surface area contributed by atoms with Crippen molar-refractivity contribution in [3.63, 3.8) is 0 Å². The Morgan fingerprint density at radius 3 is 2.19 bits per heavy atom. The van der Waals surface area contributed by atoms with E-state index in [0.717, 1.165) is 22.3 Å². The molecule has 3 aromatic carbocycles. The standard InChI is InChI=1S/C36H43N5O8.C2H6.CH4/c1-7-49-36(46)40-28(17-27-20(2)13-26(32(37)42)14-21(27)3)34(43)41(19-23-11-12-30(47-5)31(15-23)48-6)22(4)33-38-18-29(39-33)24-9-8-10-25(16-24)35(44)45;1-2;/h8-16,18,22,28,33,38-39H,7,17,19H2,1-6H3,(H2,37,42)(H,40,46)(H,44,45);1-2H3;1H4. The van der Waals surface area contributed by atoms with Gasteiger partial charge in [0.05, 0.1) is 38.1 Å². The number of carboxylic acids is 1. The van der Waals surface area contributed by atoms with Crippen LogP contribution < -0.4 is 31.2 Å². The van der Waals surface area contributed by atoms with Crippen molar-refractivity contribution >= 4 is 29.6 Å². The van der Waals surface area contributed by atoms with E-state index in [1.54, 1.807) is 60.5 Å². The molecule has 0 bridgehead atoms. The van der Waals surface area contributed by atoms with Gasteiger partial charge in [0.1, 0.15) is 12.2 Å². The highest BCUT2D eigenvalue weighted by Crippen LogP contribution is 2.29. The van der Waals surface area contributed by atoms with Gasteiger partial charge < -0.3 is 45.9 Å². The first-order valence-electron chi connectivity index (χ1n) is 16.8. The van der Waals surface area contributed by atoms with Gasteiger partial charge in [0, 0.05) is 24.7 Å². The Bertz CT molecular complexity index is 1740. The highest BCUT2D eigenvalue weighted by atomic mass is 16.5. The number of nitrogens with zero attached hydrogens (tertiary/aromatic N) is 1. The fourth-order valence-electron chi connectivity index (χ4n) is 5.83. The van der Waals surface area contributed by atoms with Crippen LogP contribution in [0.25, 0.3) is 5.70 Å². The third-order valence-corrected chi connectivity index (χ3v) is 8.45. The number of aromatic carboxylic acids is 1. The largest absolute Gasteiger partial charge is 0.493 e. The van der Waals surface area contributed by atoms with E-state index in [1.807, 2.05) is 40.7 Å². The maximum absolute atomic E-state index is 14.7. The highest BCUT2D eigenvalue weighted by Gasteiger charge is 2.35. The number of carbonyl (C=O) groups is 4. The summed E-state index contributed by atoms with van der Waals surface area (Å²) in [5.41, 5.74) is 10.3. The van der Waals surface area contributed by atoms with Crippen LogP contribution >= 0.6 is 0 Å². The number of rotatable bonds is 14. The monoisotopic (exact) mass is 719 g/mol. The quantitative estimate of drug-likeness (QED) is 0.145. The van der Waals surface area contributed by atoms with E-state index < -0.39 is 42.1 Å². The van der Waals surface area contributed by atoms with Crippen LogP contribution in [0.5, 0.6) is 11.5 Å². The van der Waals surface area contributed by atoms with Crippen LogP contribution in [0.4, 0.5) is 4.79 Å². The summed E-state index contributed by atoms with van der Waals surface area (Å²) in [6.45, 7) is 11.4. The first-order valence-corrected chi connectivity index (χ1v) is 16.8. The molecule has 3 atom stereocenters. The molecule has 0 aromatic heterocycles. The molecule has 6 N–H and O–H groups in total. The van der Waals surface area contributed by atoms with Crippen molar-refractivity contribution < 1.29 is 38.5 Å². The molecule has 13 heteroatoms. The smallest absolute Gasteiger partial charge is 0.407 e. The van der Waals surface area contributed by atoms with Crippen LogP contribution in [0.1, 0.15) is 83.7 Å². The molecule has 3 aromatic rings. The van der Waals surface area contributed by atoms with Crippen molar-refractivity contribution in [2.24, 2.45) is 5.73 Å². The number of nitrogens with one attached hydrogen (secondary N) is 3. The Morgan fingerprint density at radius 2 is 1.62 bits per heavy atom. The SMILES string of the molecule is C.CC.CCOC(=O)NC(Cc1c(C)cc(C(N)=O)cc1C)C(=O)N(Cc1ccc(OC)c(OC)c1)C(C)C1NC=C(c2cccc(C(=O)O)c2)N1. The van der Waals surface area contributed by atoms with Gasteiger partial charge in [0.2, 0.25) is 11.8 Å². The molecule has 13 nitrogen and oxygen atoms in total. The number of hydrogen-bond acceptors (Lipinski definition) is 9. The Morgan fingerprint density at radius 1 is 0.962 bits per heavy atom. The number of carbonyl (C=O) groups excluding carboxylic acids is 3. The molecule has 1 heterocycles. The number of hydrogen-bond donors (Lipinski definition) is 5. The molecular weight excluding hydrogens is 666 g/mol. The Balaban J connectivity index is 0.00000307. The number of benzene rings is 3. The van der Waals surface area contributed by atoms with Crippen LogP contribution in [0.3, 0.4) is 0 Å². The van der Waals surface area contributed by atoms with Crippen LogP contribution in [0.2, 0.25) is 0 Å². The number of aryl methyl sites for hydroxylation is 2. The van der Waals surface area contributed by atoms with Gasteiger partial charge in [-0.05, 0) is 91.9 Å². The van der Waals surface area contributed by atoms with Crippen LogP contribution in [0.15, 0.2) is 60.8 Å². The lowest BCUT2D eigenvalue weighted by molar-refractivity contribution is -0.136. The van der Waals surface area contributed by atoms with Crippen molar-refractivity contribution in [2.45, 2.75) is 80.2 Å². The normalized spacial score (nSPS) is 14.0. The molecule has 1 aliphatic heterocycles. The lowest BCUT2D eigenvalue weighted by Crippen LogP contribution is -2.58. The third kappa shape index (κ3) is 10.4. The molecule has 0 aliphatic carbocycles. The van der Waals surface area contributed by atoms with Gasteiger partial charge in [-0.2, -0.15) is 0 Å². The van der Waals surface area contributed by atoms with Gasteiger partial charge in [0.25, 0.3) is 0 Å². The molecule has 1 aliphatic rings. The lowest BCUT2D eigenvalue weighted by atomic mass is 9.93. The second kappa shape index (κ2) is 19.6. The molecule has 3 unspecified atom stereocenters. The zero-order valence-corrected chi connectivity index (χ0v) is 30.5. The fourth-order valence-corrected chi connectivity index (χ4v) is 5.83. The molecular formula is C39H53N5O8. The van der Waals surface area contributed by atoms with Crippen molar-refractivity contribution in [1.29, 1.82) is 0 Å². The number of ether oxygens (including phenoxy) is 3. The molecule has 0 radical (unpaired) electrons. The number of methoxy groups -OCH3 is 2. The average molecular weight is 720 g/mol. The van der Waals surface area contributed by atoms with E-state index in [1.165, 1.54) is 20.3 Å². The summed E-state index contributed by atoms with van der Waals surface area (Å²) in [5.74, 6) is -0.982. The Kier molecular flexibility index (Phi) is 16.0. The summed E-state index contributed by atoms with van der Waals surface area (Å²) in [6.07, 6.45) is 0.612. The summed E-state index contributed by atoms with van der Waals surface area (Å²) in [5, 5.41) is 18.9. The van der Waals surface area contributed by atoms with Gasteiger partial charge >= 0.3 is 12.1 Å². The van der Waals surface area contributed by atoms with E-state index >= 15 is 0 Å². The number of carboxylic acid groups (broad SMARTS) is 1. The van der Waals surface area contributed by atoms with Gasteiger partial charge in [0.15, 0.2) is 11.5 Å². The fraction of sp³-hybridized carbons (Fsp3) is 0.385. The second-order valence-electron chi connectivity index (χ2n) is 11.7. The molecule has 0 spiro atoms. The minimum atomic E-state index is -1.06. The first kappa shape index (κ1) is 42.4. The van der Waals surface area contributed by atoms with Crippen molar-refractivity contribution in [3.8, 4) is 11.5 Å². The van der Waals surface area contributed by atoms with Gasteiger partial charge in [-0.15, -0.1) is 0 Å². The van der Waals surface area contributed by atoms with E-state index in [-0.39, 0.29) is 32.6 Å². The van der Waals surface area contributed by atoms with Gasteiger partial charge in [-0.1, -0.05) is 39.5 Å². The van der Waals surface area contributed by atoms with E-state index in [4.69, 9.17) is 19.9 Å². The molecule has 0 saturated heterocycles. The molecule has 282 valence electrons. The topological polar surface area (TPSA) is 182 Å². The molecule has 3 amide bonds. The van der Waals surface area contributed by atoms with E-state index in [9.17, 15) is 24.3 Å². The Labute approximate surface area is 306 Å². The lowest BCUT2D eigenvalue weighted by Gasteiger charge is -2.36. The van der Waals surface area contributed by atoms with Crippen molar-refractivity contribution in [2.75, 3.05) is 20.8 Å². The predicted octanol–water partition coefficient (Wildman–Crippen LogP) is 5.37. The van der Waals surface area contributed by atoms with Crippen LogP contribution in [0, 0.1) is 13.8 Å². The van der Waals surface area contributed by atoms with E-state index in [0.29, 0.717) is 28.3 Å². The zero-order chi connectivity index (χ0) is 37.8. The highest BCUT2D eigenvalue weighted by molar-refractivity contribution is 5.93. The average Bonchev–Trinajstić information content (AvgIpc) is 3.62. The van der Waals surface area contributed by atoms with Gasteiger partial charge in [-0.3, -0.25) is 9.59 Å². The summed E-state index contributed by atoms with van der Waals surface area (Å²) in [4.78, 5) is 52.7. The van der Waals surface area contributed by atoms with Crippen molar-refractivity contribution in [1.82, 2.24) is 20.9 Å². The molecule has 4 rings (SSSR count). The summed E-state index contributed by atoms with van der Waals surface area (Å²) in [7, 11) is 3.06. The van der Waals surface area contributed by atoms with Crippen molar-refractivity contribution in [3.05, 3.63) is 99.7 Å². The summed E-state index contributed by atoms with van der Waals surface area (Å²) < 4.78 is 16.1. The van der Waals surface area contributed by atoms with Gasteiger partial charge in [-0.25, -0.2) is 9.59 Å². The summed E-state index contributed by atoms with van der Waals surface area (Å²) in [6, 6.07) is 13.7. The minimum absolute atomic E-state index is 0. The number of amides is 3. The zero-order valence-electron chi connectivity index (χ0n) is 30.5. The minimum Gasteiger partial charge on any atom is -0.493 e. The number of primary amides is 1. The second-order valence-corrected chi connectivity index (χ2v) is 11.7. The maximum Gasteiger partial charge on any atom is 0.407 e. The number of nitrogens with two attached hydrogens (primary N) is 1. The maximum atomic E-state index is 14.7. The molecule has 0 fully saturated rings. The number of alkyl carbamates (subject to hydrolysis) is 1. The van der Waals surface area contributed by atoms with Crippen LogP contribution in [-0.2, 0) is 22.5 Å². The van der Waals surface area contributed by atoms with E-state index in [2.05, 4.69) is 16.0 Å². The Hall–Kier alpha value is -5.72. The molecule has 0 saturated carbocycles. The summed E-state index contributed by atoms with van der Waals surface area (Å²) >= 11 is 0. The molecule has 52 heavy (non-hydrogen) atoms. The van der Waals surface area contributed by atoms with Crippen LogP contribution in [-0.4, -0.2) is 73.0 Å². The predicted molar refractivity (Wildman–Crippen MR) is 201 cm³/mol.